The fraction of sp³-hybridized carbons (Fsp3) is 0.111. The van der Waals surface area contributed by atoms with Gasteiger partial charge in [-0.3, -0.25) is 0 Å². The lowest BCUT2D eigenvalue weighted by Gasteiger charge is -2.08. The van der Waals surface area contributed by atoms with E-state index in [9.17, 15) is 4.79 Å². The third-order valence-corrected chi connectivity index (χ3v) is 2.68. The molecule has 22 heavy (non-hydrogen) atoms. The summed E-state index contributed by atoms with van der Waals surface area (Å²) in [6.07, 6.45) is 4.83. The summed E-state index contributed by atoms with van der Waals surface area (Å²) in [7, 11) is 0. The summed E-state index contributed by atoms with van der Waals surface area (Å²) in [5.41, 5.74) is 1.78. The maximum Gasteiger partial charge on any atom is 0.354 e. The summed E-state index contributed by atoms with van der Waals surface area (Å²) in [6.45, 7) is 11.5. The van der Waals surface area contributed by atoms with E-state index in [1.54, 1.807) is 24.3 Å². The lowest BCUT2D eigenvalue weighted by atomic mass is 10.1. The molecule has 1 N–H and O–H groups in total. The largest absolute Gasteiger partial charge is 0.477 e. The number of benzene rings is 1. The molecular weight excluding hydrogens is 278 g/mol. The van der Waals surface area contributed by atoms with Gasteiger partial charge < -0.3 is 9.84 Å². The zero-order chi connectivity index (χ0) is 16.5. The van der Waals surface area contributed by atoms with Gasteiger partial charge in [0.25, 0.3) is 0 Å². The molecule has 0 radical (unpaired) electrons. The van der Waals surface area contributed by atoms with E-state index in [0.29, 0.717) is 11.5 Å². The Morgan fingerprint density at radius 3 is 2.32 bits per heavy atom. The Balaban J connectivity index is 0.00000116. The number of carboxylic acid groups (broad SMARTS) is 1. The third kappa shape index (κ3) is 4.31. The second kappa shape index (κ2) is 8.42. The molecule has 0 aliphatic carbocycles. The van der Waals surface area contributed by atoms with Crippen molar-refractivity contribution in [2.75, 3.05) is 0 Å². The molecule has 1 heterocycles. The number of rotatable bonds is 5. The first-order chi connectivity index (χ1) is 10.6. The lowest BCUT2D eigenvalue weighted by Crippen LogP contribution is -1.99. The van der Waals surface area contributed by atoms with Gasteiger partial charge in [-0.25, -0.2) is 9.78 Å². The summed E-state index contributed by atoms with van der Waals surface area (Å²) >= 11 is 0. The van der Waals surface area contributed by atoms with Crippen LogP contribution >= 0.6 is 0 Å². The van der Waals surface area contributed by atoms with Gasteiger partial charge in [0.15, 0.2) is 5.69 Å². The van der Waals surface area contributed by atoms with Crippen LogP contribution in [0.15, 0.2) is 49.7 Å². The molecule has 2 aromatic rings. The van der Waals surface area contributed by atoms with Crippen LogP contribution in [0.2, 0.25) is 0 Å². The summed E-state index contributed by atoms with van der Waals surface area (Å²) in [5.74, 6) is -0.0870. The maximum atomic E-state index is 10.8. The van der Waals surface area contributed by atoms with Crippen LogP contribution in [0.25, 0.3) is 12.2 Å². The van der Waals surface area contributed by atoms with Crippen molar-refractivity contribution in [1.82, 2.24) is 4.98 Å². The lowest BCUT2D eigenvalue weighted by molar-refractivity contribution is 0.0690. The van der Waals surface area contributed by atoms with Crippen molar-refractivity contribution < 1.29 is 14.6 Å². The van der Waals surface area contributed by atoms with Gasteiger partial charge in [-0.2, -0.15) is 0 Å². The smallest absolute Gasteiger partial charge is 0.354 e. The Hall–Kier alpha value is -2.88. The number of nitrogens with zero attached hydrogens (tertiary/aromatic N) is 1. The Bertz CT molecular complexity index is 678. The normalized spacial score (nSPS) is 9.18. The topological polar surface area (TPSA) is 59.4 Å². The number of carboxylic acids is 1. The van der Waals surface area contributed by atoms with Crippen LogP contribution in [0.5, 0.6) is 11.5 Å². The van der Waals surface area contributed by atoms with Gasteiger partial charge in [0, 0.05) is 12.3 Å². The molecule has 0 bridgehead atoms. The molecule has 0 saturated carbocycles. The van der Waals surface area contributed by atoms with Crippen molar-refractivity contribution in [3.05, 3.63) is 66.5 Å². The average Bonchev–Trinajstić information content (AvgIpc) is 2.56. The van der Waals surface area contributed by atoms with Gasteiger partial charge >= 0.3 is 5.97 Å². The Morgan fingerprint density at radius 1 is 1.09 bits per heavy atom. The molecule has 0 saturated heterocycles. The van der Waals surface area contributed by atoms with Crippen molar-refractivity contribution in [3.63, 3.8) is 0 Å². The molecule has 0 unspecified atom stereocenters. The second-order valence-electron chi connectivity index (χ2n) is 3.98. The predicted molar refractivity (Wildman–Crippen MR) is 89.2 cm³/mol. The monoisotopic (exact) mass is 297 g/mol. The standard InChI is InChI=1S/C16H13NO3.C2H6/c1-3-11-5-6-13(9-12(11)4-2)20-14-7-8-17-15(10-14)16(18)19;1-2/h3-10H,1-2H2,(H,18,19);1-2H3. The van der Waals surface area contributed by atoms with E-state index < -0.39 is 5.97 Å². The Labute approximate surface area is 130 Å². The molecule has 2 rings (SSSR count). The minimum Gasteiger partial charge on any atom is -0.477 e. The first-order valence-electron chi connectivity index (χ1n) is 6.90. The molecule has 4 heteroatoms. The number of carbonyl (C=O) groups is 1. The number of aromatic carboxylic acids is 1. The first kappa shape index (κ1) is 17.2. The fourth-order valence-electron chi connectivity index (χ4n) is 1.71. The predicted octanol–water partition coefficient (Wildman–Crippen LogP) is 4.88. The molecule has 0 spiro atoms. The highest BCUT2D eigenvalue weighted by atomic mass is 16.5. The van der Waals surface area contributed by atoms with E-state index in [0.717, 1.165) is 11.1 Å². The summed E-state index contributed by atoms with van der Waals surface area (Å²) < 4.78 is 5.63. The minimum absolute atomic E-state index is 0.0610. The maximum absolute atomic E-state index is 10.8. The van der Waals surface area contributed by atoms with Gasteiger partial charge in [-0.15, -0.1) is 0 Å². The zero-order valence-corrected chi connectivity index (χ0v) is 12.7. The third-order valence-electron chi connectivity index (χ3n) is 2.68. The minimum atomic E-state index is -1.09. The molecule has 114 valence electrons. The van der Waals surface area contributed by atoms with Gasteiger partial charge in [-0.1, -0.05) is 45.2 Å². The van der Waals surface area contributed by atoms with E-state index in [2.05, 4.69) is 18.1 Å². The number of pyridine rings is 1. The van der Waals surface area contributed by atoms with Gasteiger partial charge in [-0.05, 0) is 29.3 Å². The SMILES string of the molecule is C=Cc1ccc(Oc2ccnc(C(=O)O)c2)cc1C=C.CC. The quantitative estimate of drug-likeness (QED) is 0.854. The zero-order valence-electron chi connectivity index (χ0n) is 12.7. The first-order valence-corrected chi connectivity index (χ1v) is 6.90. The van der Waals surface area contributed by atoms with Crippen LogP contribution in [-0.4, -0.2) is 16.1 Å². The van der Waals surface area contributed by atoms with Crippen LogP contribution < -0.4 is 4.74 Å². The molecule has 0 aliphatic heterocycles. The molecular formula is C18H19NO3. The summed E-state index contributed by atoms with van der Waals surface area (Å²) in [5, 5.41) is 8.88. The Morgan fingerprint density at radius 2 is 1.73 bits per heavy atom. The summed E-state index contributed by atoms with van der Waals surface area (Å²) in [4.78, 5) is 14.6. The molecule has 0 fully saturated rings. The van der Waals surface area contributed by atoms with E-state index >= 15 is 0 Å². The number of aromatic nitrogens is 1. The highest BCUT2D eigenvalue weighted by Crippen LogP contribution is 2.25. The molecule has 1 aromatic heterocycles. The number of hydrogen-bond donors (Lipinski definition) is 1. The van der Waals surface area contributed by atoms with Crippen LogP contribution in [-0.2, 0) is 0 Å². The molecule has 0 amide bonds. The molecule has 0 atom stereocenters. The number of ether oxygens (including phenoxy) is 1. The summed E-state index contributed by atoms with van der Waals surface area (Å²) in [6, 6.07) is 8.42. The van der Waals surface area contributed by atoms with E-state index in [-0.39, 0.29) is 5.69 Å². The fourth-order valence-corrected chi connectivity index (χ4v) is 1.71. The molecule has 0 aliphatic rings. The van der Waals surface area contributed by atoms with E-state index in [4.69, 9.17) is 9.84 Å². The highest BCUT2D eigenvalue weighted by molar-refractivity contribution is 5.85. The van der Waals surface area contributed by atoms with Crippen LogP contribution in [0.4, 0.5) is 0 Å². The van der Waals surface area contributed by atoms with Gasteiger partial charge in [0.05, 0.1) is 0 Å². The van der Waals surface area contributed by atoms with Crippen molar-refractivity contribution in [2.45, 2.75) is 13.8 Å². The average molecular weight is 297 g/mol. The van der Waals surface area contributed by atoms with Gasteiger partial charge in [0.1, 0.15) is 11.5 Å². The highest BCUT2D eigenvalue weighted by Gasteiger charge is 2.07. The molecule has 1 aromatic carbocycles. The van der Waals surface area contributed by atoms with Gasteiger partial charge in [0.2, 0.25) is 0 Å². The number of hydrogen-bond acceptors (Lipinski definition) is 3. The second-order valence-corrected chi connectivity index (χ2v) is 3.98. The van der Waals surface area contributed by atoms with Crippen molar-refractivity contribution in [1.29, 1.82) is 0 Å². The Kier molecular flexibility index (Phi) is 6.57. The van der Waals surface area contributed by atoms with Crippen molar-refractivity contribution >= 4 is 18.1 Å². The van der Waals surface area contributed by atoms with Crippen molar-refractivity contribution in [3.8, 4) is 11.5 Å². The molecule has 4 nitrogen and oxygen atoms in total. The van der Waals surface area contributed by atoms with E-state index in [1.807, 2.05) is 26.0 Å². The van der Waals surface area contributed by atoms with Crippen LogP contribution in [0, 0.1) is 0 Å². The van der Waals surface area contributed by atoms with Crippen LogP contribution in [0.3, 0.4) is 0 Å². The van der Waals surface area contributed by atoms with Crippen LogP contribution in [0.1, 0.15) is 35.5 Å². The van der Waals surface area contributed by atoms with Crippen molar-refractivity contribution in [2.24, 2.45) is 0 Å². The van der Waals surface area contributed by atoms with E-state index in [1.165, 1.54) is 12.3 Å².